The second-order valence-corrected chi connectivity index (χ2v) is 8.65. The number of rotatable bonds is 7. The molecule has 6 nitrogen and oxygen atoms in total. The Labute approximate surface area is 146 Å². The summed E-state index contributed by atoms with van der Waals surface area (Å²) in [5, 5.41) is 0. The summed E-state index contributed by atoms with van der Waals surface area (Å²) in [4.78, 5) is 2.35. The fourth-order valence-electron chi connectivity index (χ4n) is 3.06. The van der Waals surface area contributed by atoms with E-state index in [4.69, 9.17) is 4.74 Å². The molecule has 0 spiro atoms. The van der Waals surface area contributed by atoms with Gasteiger partial charge in [-0.3, -0.25) is 0 Å². The Kier molecular flexibility index (Phi) is 7.18. The molecule has 1 aliphatic rings. The first kappa shape index (κ1) is 19.3. The third kappa shape index (κ3) is 5.26. The molecule has 1 saturated heterocycles. The van der Waals surface area contributed by atoms with E-state index in [0.717, 1.165) is 26.1 Å². The van der Waals surface area contributed by atoms with Crippen LogP contribution in [-0.4, -0.2) is 82.5 Å². The minimum Gasteiger partial charge on any atom is -0.384 e. The maximum absolute atomic E-state index is 12.5. The van der Waals surface area contributed by atoms with Gasteiger partial charge in [-0.2, -0.15) is 17.0 Å². The Bertz CT molecular complexity index is 592. The first-order valence-electron chi connectivity index (χ1n) is 8.36. The van der Waals surface area contributed by atoms with Crippen molar-refractivity contribution in [2.45, 2.75) is 6.42 Å². The fourth-order valence-corrected chi connectivity index (χ4v) is 4.24. The summed E-state index contributed by atoms with van der Waals surface area (Å²) in [6, 6.07) is 10.4. The molecule has 1 aromatic rings. The van der Waals surface area contributed by atoms with Crippen LogP contribution in [-0.2, 0) is 21.4 Å². The first-order chi connectivity index (χ1) is 11.4. The second-order valence-electron chi connectivity index (χ2n) is 6.51. The average Bonchev–Trinajstić information content (AvgIpc) is 2.77. The van der Waals surface area contributed by atoms with Crippen molar-refractivity contribution in [1.29, 1.82) is 0 Å². The summed E-state index contributed by atoms with van der Waals surface area (Å²) in [5.74, 6) is 0.183. The van der Waals surface area contributed by atoms with Gasteiger partial charge in [-0.25, -0.2) is 0 Å². The van der Waals surface area contributed by atoms with Gasteiger partial charge in [0.15, 0.2) is 0 Å². The smallest absolute Gasteiger partial charge is 0.281 e. The van der Waals surface area contributed by atoms with Crippen LogP contribution in [0.4, 0.5) is 0 Å². The quantitative estimate of drug-likeness (QED) is 0.730. The van der Waals surface area contributed by atoms with Crippen LogP contribution >= 0.6 is 0 Å². The molecule has 7 heteroatoms. The zero-order valence-corrected chi connectivity index (χ0v) is 15.7. The van der Waals surface area contributed by atoms with Crippen LogP contribution in [0.25, 0.3) is 0 Å². The van der Waals surface area contributed by atoms with E-state index in [1.807, 2.05) is 6.07 Å². The van der Waals surface area contributed by atoms with Gasteiger partial charge in [-0.1, -0.05) is 30.3 Å². The molecule has 1 heterocycles. The van der Waals surface area contributed by atoms with Gasteiger partial charge in [0.05, 0.1) is 6.61 Å². The van der Waals surface area contributed by atoms with Crippen molar-refractivity contribution in [1.82, 2.24) is 13.5 Å². The standard InChI is InChI=1S/C17H29N3O3S/c1-18(2)24(21,22)20-12-11-19(13-17(14-20)15-23-3)10-9-16-7-5-4-6-8-16/h4-8,17H,9-15H2,1-3H3. The number of hydrogen-bond donors (Lipinski definition) is 0. The van der Waals surface area contributed by atoms with Crippen molar-refractivity contribution in [2.75, 3.05) is 60.5 Å². The minimum atomic E-state index is -3.38. The highest BCUT2D eigenvalue weighted by molar-refractivity contribution is 7.86. The topological polar surface area (TPSA) is 53.1 Å². The molecule has 0 radical (unpaired) electrons. The van der Waals surface area contributed by atoms with Gasteiger partial charge in [0.2, 0.25) is 0 Å². The van der Waals surface area contributed by atoms with Crippen molar-refractivity contribution < 1.29 is 13.2 Å². The van der Waals surface area contributed by atoms with E-state index in [9.17, 15) is 8.42 Å². The molecule has 0 saturated carbocycles. The maximum atomic E-state index is 12.5. The van der Waals surface area contributed by atoms with Crippen molar-refractivity contribution in [3.8, 4) is 0 Å². The normalized spacial score (nSPS) is 21.1. The number of hydrogen-bond acceptors (Lipinski definition) is 4. The molecule has 1 fully saturated rings. The molecule has 1 aliphatic heterocycles. The monoisotopic (exact) mass is 355 g/mol. The summed E-state index contributed by atoms with van der Waals surface area (Å²) in [6.07, 6.45) is 0.973. The molecule has 0 amide bonds. The largest absolute Gasteiger partial charge is 0.384 e. The lowest BCUT2D eigenvalue weighted by Crippen LogP contribution is -2.43. The van der Waals surface area contributed by atoms with Crippen molar-refractivity contribution >= 4 is 10.2 Å². The van der Waals surface area contributed by atoms with Crippen molar-refractivity contribution in [2.24, 2.45) is 5.92 Å². The Hall–Kier alpha value is -0.990. The van der Waals surface area contributed by atoms with Crippen LogP contribution in [0.1, 0.15) is 5.56 Å². The van der Waals surface area contributed by atoms with Crippen molar-refractivity contribution in [3.05, 3.63) is 35.9 Å². The van der Waals surface area contributed by atoms with Crippen LogP contribution in [0.3, 0.4) is 0 Å². The summed E-state index contributed by atoms with van der Waals surface area (Å²) in [7, 11) is 1.45. The summed E-state index contributed by atoms with van der Waals surface area (Å²) in [6.45, 7) is 4.15. The lowest BCUT2D eigenvalue weighted by atomic mass is 10.1. The van der Waals surface area contributed by atoms with Gasteiger partial charge in [0, 0.05) is 59.8 Å². The molecular formula is C17H29N3O3S. The molecule has 2 rings (SSSR count). The number of methoxy groups -OCH3 is 1. The van der Waals surface area contributed by atoms with E-state index in [2.05, 4.69) is 29.2 Å². The Morgan fingerprint density at radius 3 is 2.50 bits per heavy atom. The first-order valence-corrected chi connectivity index (χ1v) is 9.76. The lowest BCUT2D eigenvalue weighted by molar-refractivity contribution is 0.127. The highest BCUT2D eigenvalue weighted by Crippen LogP contribution is 2.15. The van der Waals surface area contributed by atoms with E-state index in [1.165, 1.54) is 9.87 Å². The van der Waals surface area contributed by atoms with Crippen LogP contribution in [0, 0.1) is 5.92 Å². The van der Waals surface area contributed by atoms with Crippen LogP contribution in [0.15, 0.2) is 30.3 Å². The van der Waals surface area contributed by atoms with Gasteiger partial charge in [0.1, 0.15) is 0 Å². The number of ether oxygens (including phenoxy) is 1. The minimum absolute atomic E-state index is 0.183. The van der Waals surface area contributed by atoms with Crippen LogP contribution < -0.4 is 0 Å². The summed E-state index contributed by atoms with van der Waals surface area (Å²) >= 11 is 0. The molecule has 0 aromatic heterocycles. The maximum Gasteiger partial charge on any atom is 0.281 e. The molecular weight excluding hydrogens is 326 g/mol. The van der Waals surface area contributed by atoms with Gasteiger partial charge in [-0.15, -0.1) is 0 Å². The lowest BCUT2D eigenvalue weighted by Gasteiger charge is -2.25. The Balaban J connectivity index is 2.02. The van der Waals surface area contributed by atoms with E-state index >= 15 is 0 Å². The second kappa shape index (κ2) is 8.92. The molecule has 1 aromatic carbocycles. The highest BCUT2D eigenvalue weighted by Gasteiger charge is 2.31. The van der Waals surface area contributed by atoms with Gasteiger partial charge in [0.25, 0.3) is 10.2 Å². The molecule has 1 atom stereocenters. The van der Waals surface area contributed by atoms with Crippen molar-refractivity contribution in [3.63, 3.8) is 0 Å². The van der Waals surface area contributed by atoms with Crippen LogP contribution in [0.2, 0.25) is 0 Å². The molecule has 0 N–H and O–H groups in total. The summed E-state index contributed by atoms with van der Waals surface area (Å²) < 4.78 is 33.1. The van der Waals surface area contributed by atoms with Crippen LogP contribution in [0.5, 0.6) is 0 Å². The SMILES string of the molecule is COCC1CN(CCc2ccccc2)CCN(S(=O)(=O)N(C)C)C1. The van der Waals surface area contributed by atoms with E-state index in [-0.39, 0.29) is 5.92 Å². The summed E-state index contributed by atoms with van der Waals surface area (Å²) in [5.41, 5.74) is 1.31. The third-order valence-electron chi connectivity index (χ3n) is 4.39. The number of nitrogens with zero attached hydrogens (tertiary/aromatic N) is 3. The molecule has 0 bridgehead atoms. The fraction of sp³-hybridized carbons (Fsp3) is 0.647. The van der Waals surface area contributed by atoms with Gasteiger partial charge >= 0.3 is 0 Å². The molecule has 136 valence electrons. The Morgan fingerprint density at radius 1 is 1.17 bits per heavy atom. The predicted molar refractivity (Wildman–Crippen MR) is 96.1 cm³/mol. The zero-order chi connectivity index (χ0) is 17.6. The molecule has 24 heavy (non-hydrogen) atoms. The molecule has 1 unspecified atom stereocenters. The predicted octanol–water partition coefficient (Wildman–Crippen LogP) is 0.916. The Morgan fingerprint density at radius 2 is 1.88 bits per heavy atom. The van der Waals surface area contributed by atoms with E-state index < -0.39 is 10.2 Å². The molecule has 0 aliphatic carbocycles. The average molecular weight is 356 g/mol. The zero-order valence-electron chi connectivity index (χ0n) is 14.9. The van der Waals surface area contributed by atoms with Gasteiger partial charge < -0.3 is 9.64 Å². The third-order valence-corrected chi connectivity index (χ3v) is 6.30. The number of benzene rings is 1. The highest BCUT2D eigenvalue weighted by atomic mass is 32.2. The van der Waals surface area contributed by atoms with Gasteiger partial charge in [-0.05, 0) is 12.0 Å². The van der Waals surface area contributed by atoms with E-state index in [0.29, 0.717) is 19.7 Å². The van der Waals surface area contributed by atoms with E-state index in [1.54, 1.807) is 25.5 Å².